The van der Waals surface area contributed by atoms with Gasteiger partial charge in [-0.05, 0) is 12.5 Å². The number of nitrogens with zero attached hydrogens (tertiary/aromatic N) is 1. The number of nitrogens with one attached hydrogen (secondary N) is 1. The fraction of sp³-hybridized carbons (Fsp3) is 0.400. The number of non-ortho nitro benzene ring substituents is 1. The van der Waals surface area contributed by atoms with Crippen LogP contribution < -0.4 is 5.32 Å². The van der Waals surface area contributed by atoms with Crippen molar-refractivity contribution < 1.29 is 9.66 Å². The molecule has 1 aromatic rings. The molecule has 0 radical (unpaired) electrons. The zero-order chi connectivity index (χ0) is 11.9. The second-order valence-corrected chi connectivity index (χ2v) is 4.80. The van der Waals surface area contributed by atoms with Crippen LogP contribution in [0.3, 0.4) is 0 Å². The Morgan fingerprint density at radius 3 is 2.88 bits per heavy atom. The molecule has 5 nitrogen and oxygen atoms in total. The summed E-state index contributed by atoms with van der Waals surface area (Å²) in [5.74, 6) is 0. The van der Waals surface area contributed by atoms with Gasteiger partial charge in [0.1, 0.15) is 5.72 Å². The first kappa shape index (κ1) is 11.3. The summed E-state index contributed by atoms with van der Waals surface area (Å²) < 4.78 is 6.08. The number of methoxy groups -OCH3 is 1. The standard InChI is InChI=1S/C10H11BrN2O3/c1-10(16-2)5-7-8(11)3-6(13(14)15)4-9(7)12-10/h3-4,12H,5H2,1-2H3. The van der Waals surface area contributed by atoms with Crippen molar-refractivity contribution in [2.24, 2.45) is 0 Å². The Kier molecular flexibility index (Phi) is 2.63. The summed E-state index contributed by atoms with van der Waals surface area (Å²) in [4.78, 5) is 10.3. The summed E-state index contributed by atoms with van der Waals surface area (Å²) in [6.45, 7) is 1.91. The molecule has 1 heterocycles. The first-order chi connectivity index (χ1) is 7.45. The number of hydrogen-bond acceptors (Lipinski definition) is 4. The number of rotatable bonds is 2. The van der Waals surface area contributed by atoms with Gasteiger partial charge in [-0.1, -0.05) is 15.9 Å². The normalized spacial score (nSPS) is 22.7. The van der Waals surface area contributed by atoms with Crippen molar-refractivity contribution in [3.05, 3.63) is 32.3 Å². The Balaban J connectivity index is 2.46. The van der Waals surface area contributed by atoms with E-state index in [-0.39, 0.29) is 5.69 Å². The van der Waals surface area contributed by atoms with E-state index in [1.54, 1.807) is 7.11 Å². The summed E-state index contributed by atoms with van der Waals surface area (Å²) in [6.07, 6.45) is 0.678. The molecular weight excluding hydrogens is 276 g/mol. The SMILES string of the molecule is COC1(C)Cc2c(Br)cc([N+](=O)[O-])cc2N1. The Morgan fingerprint density at radius 2 is 2.31 bits per heavy atom. The fourth-order valence-electron chi connectivity index (χ4n) is 1.81. The van der Waals surface area contributed by atoms with Gasteiger partial charge in [0, 0.05) is 35.8 Å². The van der Waals surface area contributed by atoms with Gasteiger partial charge in [-0.25, -0.2) is 0 Å². The van der Waals surface area contributed by atoms with E-state index in [0.717, 1.165) is 15.7 Å². The number of benzene rings is 1. The lowest BCUT2D eigenvalue weighted by Crippen LogP contribution is -2.34. The summed E-state index contributed by atoms with van der Waals surface area (Å²) in [5.41, 5.74) is 1.35. The second kappa shape index (κ2) is 3.71. The minimum absolute atomic E-state index is 0.0680. The topological polar surface area (TPSA) is 64.4 Å². The van der Waals surface area contributed by atoms with Gasteiger partial charge in [-0.2, -0.15) is 0 Å². The van der Waals surface area contributed by atoms with E-state index < -0.39 is 10.6 Å². The number of hydrogen-bond donors (Lipinski definition) is 1. The van der Waals surface area contributed by atoms with Gasteiger partial charge in [0.05, 0.1) is 4.92 Å². The van der Waals surface area contributed by atoms with Crippen LogP contribution in [0, 0.1) is 10.1 Å². The Bertz CT molecular complexity index is 464. The maximum absolute atomic E-state index is 10.7. The monoisotopic (exact) mass is 286 g/mol. The van der Waals surface area contributed by atoms with Gasteiger partial charge in [-0.15, -0.1) is 0 Å². The highest BCUT2D eigenvalue weighted by molar-refractivity contribution is 9.10. The fourth-order valence-corrected chi connectivity index (χ4v) is 2.40. The highest BCUT2D eigenvalue weighted by atomic mass is 79.9. The molecule has 0 amide bonds. The molecule has 0 saturated heterocycles. The molecular formula is C10H11BrN2O3. The third kappa shape index (κ3) is 1.78. The van der Waals surface area contributed by atoms with E-state index in [2.05, 4.69) is 21.2 Å². The van der Waals surface area contributed by atoms with E-state index in [4.69, 9.17) is 4.74 Å². The predicted molar refractivity (Wildman–Crippen MR) is 63.5 cm³/mol. The molecule has 16 heavy (non-hydrogen) atoms. The highest BCUT2D eigenvalue weighted by Crippen LogP contribution is 2.39. The first-order valence-corrected chi connectivity index (χ1v) is 5.54. The molecule has 6 heteroatoms. The molecule has 0 fully saturated rings. The largest absolute Gasteiger partial charge is 0.359 e. The molecule has 0 bridgehead atoms. The van der Waals surface area contributed by atoms with E-state index in [0.29, 0.717) is 6.42 Å². The van der Waals surface area contributed by atoms with Crippen LogP contribution in [0.25, 0.3) is 0 Å². The maximum Gasteiger partial charge on any atom is 0.272 e. The van der Waals surface area contributed by atoms with Crippen LogP contribution in [0.5, 0.6) is 0 Å². The van der Waals surface area contributed by atoms with Crippen LogP contribution in [0.1, 0.15) is 12.5 Å². The van der Waals surface area contributed by atoms with Gasteiger partial charge >= 0.3 is 0 Å². The van der Waals surface area contributed by atoms with Crippen molar-refractivity contribution in [2.75, 3.05) is 12.4 Å². The quantitative estimate of drug-likeness (QED) is 0.671. The summed E-state index contributed by atoms with van der Waals surface area (Å²) >= 11 is 3.35. The van der Waals surface area contributed by atoms with Gasteiger partial charge in [0.2, 0.25) is 0 Å². The minimum atomic E-state index is -0.486. The van der Waals surface area contributed by atoms with E-state index in [9.17, 15) is 10.1 Å². The zero-order valence-electron chi connectivity index (χ0n) is 8.91. The van der Waals surface area contributed by atoms with Crippen LogP contribution in [-0.2, 0) is 11.2 Å². The van der Waals surface area contributed by atoms with Crippen LogP contribution >= 0.6 is 15.9 Å². The second-order valence-electron chi connectivity index (χ2n) is 3.95. The number of ether oxygens (including phenoxy) is 1. The Hall–Kier alpha value is -1.14. The lowest BCUT2D eigenvalue weighted by atomic mass is 10.1. The summed E-state index contributed by atoms with van der Waals surface area (Å²) in [7, 11) is 1.61. The highest BCUT2D eigenvalue weighted by Gasteiger charge is 2.34. The zero-order valence-corrected chi connectivity index (χ0v) is 10.5. The number of fused-ring (bicyclic) bond motifs is 1. The van der Waals surface area contributed by atoms with Crippen LogP contribution in [0.15, 0.2) is 16.6 Å². The van der Waals surface area contributed by atoms with Crippen molar-refractivity contribution in [1.82, 2.24) is 0 Å². The molecule has 1 aliphatic rings. The van der Waals surface area contributed by atoms with E-state index in [1.807, 2.05) is 6.92 Å². The minimum Gasteiger partial charge on any atom is -0.359 e. The van der Waals surface area contributed by atoms with Gasteiger partial charge in [0.25, 0.3) is 5.69 Å². The van der Waals surface area contributed by atoms with Gasteiger partial charge in [-0.3, -0.25) is 10.1 Å². The average molecular weight is 287 g/mol. The number of nitro groups is 1. The molecule has 0 saturated carbocycles. The third-order valence-corrected chi connectivity index (χ3v) is 3.46. The Morgan fingerprint density at radius 1 is 1.62 bits per heavy atom. The molecule has 1 atom stereocenters. The van der Waals surface area contributed by atoms with E-state index >= 15 is 0 Å². The van der Waals surface area contributed by atoms with Gasteiger partial charge in [0.15, 0.2) is 0 Å². The van der Waals surface area contributed by atoms with Crippen molar-refractivity contribution in [3.8, 4) is 0 Å². The molecule has 0 aliphatic carbocycles. The lowest BCUT2D eigenvalue weighted by molar-refractivity contribution is -0.384. The van der Waals surface area contributed by atoms with Crippen molar-refractivity contribution >= 4 is 27.3 Å². The maximum atomic E-state index is 10.7. The molecule has 1 aromatic carbocycles. The molecule has 1 unspecified atom stereocenters. The summed E-state index contributed by atoms with van der Waals surface area (Å²) in [5, 5.41) is 13.8. The van der Waals surface area contributed by atoms with Crippen LogP contribution in [0.4, 0.5) is 11.4 Å². The van der Waals surface area contributed by atoms with Crippen molar-refractivity contribution in [1.29, 1.82) is 0 Å². The van der Waals surface area contributed by atoms with Crippen molar-refractivity contribution in [2.45, 2.75) is 19.1 Å². The third-order valence-electron chi connectivity index (χ3n) is 2.75. The predicted octanol–water partition coefficient (Wildman–Crippen LogP) is 2.69. The molecule has 1 aliphatic heterocycles. The van der Waals surface area contributed by atoms with Crippen LogP contribution in [0.2, 0.25) is 0 Å². The number of anilines is 1. The number of halogens is 1. The van der Waals surface area contributed by atoms with Crippen molar-refractivity contribution in [3.63, 3.8) is 0 Å². The molecule has 0 spiro atoms. The molecule has 2 rings (SSSR count). The smallest absolute Gasteiger partial charge is 0.272 e. The Labute approximate surface area is 101 Å². The number of nitro benzene ring substituents is 1. The lowest BCUT2D eigenvalue weighted by Gasteiger charge is -2.22. The molecule has 1 N–H and O–H groups in total. The molecule has 0 aromatic heterocycles. The van der Waals surface area contributed by atoms with Gasteiger partial charge < -0.3 is 10.1 Å². The average Bonchev–Trinajstić information content (AvgIpc) is 2.56. The first-order valence-electron chi connectivity index (χ1n) is 4.75. The molecule has 86 valence electrons. The summed E-state index contributed by atoms with van der Waals surface area (Å²) in [6, 6.07) is 3.05. The van der Waals surface area contributed by atoms with E-state index in [1.165, 1.54) is 12.1 Å². The van der Waals surface area contributed by atoms with Crippen LogP contribution in [-0.4, -0.2) is 17.8 Å².